The molecular formula is C30H27F3N6O3. The number of benzene rings is 2. The van der Waals surface area contributed by atoms with Crippen LogP contribution < -0.4 is 20.1 Å². The van der Waals surface area contributed by atoms with Gasteiger partial charge in [-0.2, -0.15) is 18.3 Å². The van der Waals surface area contributed by atoms with Crippen molar-refractivity contribution in [2.24, 2.45) is 0 Å². The van der Waals surface area contributed by atoms with Crippen LogP contribution in [-0.4, -0.2) is 58.8 Å². The van der Waals surface area contributed by atoms with Crippen LogP contribution in [0.15, 0.2) is 83.9 Å². The number of pyridine rings is 1. The van der Waals surface area contributed by atoms with Gasteiger partial charge < -0.3 is 19.4 Å². The van der Waals surface area contributed by atoms with Gasteiger partial charge >= 0.3 is 6.18 Å². The number of aromatic nitrogens is 3. The van der Waals surface area contributed by atoms with E-state index in [1.807, 2.05) is 47.6 Å². The Morgan fingerprint density at radius 2 is 1.79 bits per heavy atom. The Labute approximate surface area is 239 Å². The molecule has 2 aliphatic heterocycles. The standard InChI is InChI=1S/C30H27F3N6O3/c31-30(32,33)27-24(17-35-36-28(27)40)39-18-21-6-1-2-9-23(21)25(39)19-42-22-8-5-7-20(16-22)29(41)38-14-12-37(13-15-38)26-10-3-4-11-34-26/h1-11,16-17,25H,12-15,18-19H2,(H,36,40). The second-order valence-electron chi connectivity index (χ2n) is 10.1. The lowest BCUT2D eigenvalue weighted by Crippen LogP contribution is -2.49. The number of H-pyrrole nitrogens is 1. The van der Waals surface area contributed by atoms with E-state index in [0.29, 0.717) is 37.5 Å². The first-order valence-electron chi connectivity index (χ1n) is 13.5. The van der Waals surface area contributed by atoms with Crippen LogP contribution in [0.25, 0.3) is 0 Å². The van der Waals surface area contributed by atoms with Crippen molar-refractivity contribution >= 4 is 17.4 Å². The van der Waals surface area contributed by atoms with Crippen LogP contribution in [0.4, 0.5) is 24.7 Å². The number of rotatable bonds is 6. The Hall–Kier alpha value is -4.87. The minimum absolute atomic E-state index is 0.0124. The van der Waals surface area contributed by atoms with Crippen molar-refractivity contribution in [2.45, 2.75) is 18.8 Å². The molecule has 1 saturated heterocycles. The van der Waals surface area contributed by atoms with Crippen LogP contribution >= 0.6 is 0 Å². The van der Waals surface area contributed by atoms with Gasteiger partial charge in [0.1, 0.15) is 23.7 Å². The lowest BCUT2D eigenvalue weighted by Gasteiger charge is -2.35. The fourth-order valence-corrected chi connectivity index (χ4v) is 5.53. The van der Waals surface area contributed by atoms with Crippen molar-refractivity contribution in [2.75, 3.05) is 42.6 Å². The van der Waals surface area contributed by atoms with Crippen molar-refractivity contribution in [3.05, 3.63) is 112 Å². The number of fused-ring (bicyclic) bond motifs is 1. The summed E-state index contributed by atoms with van der Waals surface area (Å²) in [6.07, 6.45) is -2.10. The molecule has 0 spiro atoms. The number of aromatic amines is 1. The third-order valence-corrected chi connectivity index (χ3v) is 7.59. The Balaban J connectivity index is 1.18. The van der Waals surface area contributed by atoms with Crippen LogP contribution in [0.1, 0.15) is 33.1 Å². The second kappa shape index (κ2) is 11.2. The van der Waals surface area contributed by atoms with Crippen LogP contribution in [-0.2, 0) is 12.7 Å². The normalized spacial score (nSPS) is 16.8. The van der Waals surface area contributed by atoms with Gasteiger partial charge in [0.15, 0.2) is 0 Å². The van der Waals surface area contributed by atoms with Crippen LogP contribution in [0.2, 0.25) is 0 Å². The molecule has 216 valence electrons. The minimum Gasteiger partial charge on any atom is -0.491 e. The molecular weight excluding hydrogens is 549 g/mol. The lowest BCUT2D eigenvalue weighted by molar-refractivity contribution is -0.138. The number of carbonyl (C=O) groups excluding carboxylic acids is 1. The van der Waals surface area contributed by atoms with Crippen molar-refractivity contribution in [1.82, 2.24) is 20.1 Å². The SMILES string of the molecule is O=C(c1cccc(OCC2c3ccccc3CN2c2cn[nH]c(=O)c2C(F)(F)F)c1)N1CCN(c2ccccn2)CC1. The summed E-state index contributed by atoms with van der Waals surface area (Å²) in [5.41, 5.74) is -0.837. The number of hydrogen-bond acceptors (Lipinski definition) is 7. The highest BCUT2D eigenvalue weighted by Crippen LogP contribution is 2.42. The van der Waals surface area contributed by atoms with E-state index < -0.39 is 23.3 Å². The molecule has 9 nitrogen and oxygen atoms in total. The maximum atomic E-state index is 13.9. The Morgan fingerprint density at radius 1 is 1.00 bits per heavy atom. The van der Waals surface area contributed by atoms with E-state index in [2.05, 4.69) is 15.0 Å². The van der Waals surface area contributed by atoms with Gasteiger partial charge in [0.25, 0.3) is 11.5 Å². The smallest absolute Gasteiger partial charge is 0.423 e. The summed E-state index contributed by atoms with van der Waals surface area (Å²) in [5, 5.41) is 5.54. The summed E-state index contributed by atoms with van der Waals surface area (Å²) in [5.74, 6) is 1.16. The highest BCUT2D eigenvalue weighted by atomic mass is 19.4. The number of carbonyl (C=O) groups is 1. The molecule has 4 heterocycles. The number of halogens is 3. The van der Waals surface area contributed by atoms with Crippen molar-refractivity contribution < 1.29 is 22.7 Å². The number of nitrogens with zero attached hydrogens (tertiary/aromatic N) is 5. The minimum atomic E-state index is -4.87. The van der Waals surface area contributed by atoms with Crippen LogP contribution in [0.5, 0.6) is 5.75 Å². The molecule has 1 atom stereocenters. The second-order valence-corrected chi connectivity index (χ2v) is 10.1. The number of alkyl halides is 3. The van der Waals surface area contributed by atoms with E-state index in [1.54, 1.807) is 35.4 Å². The first-order chi connectivity index (χ1) is 20.3. The number of ether oxygens (including phenoxy) is 1. The maximum absolute atomic E-state index is 13.9. The van der Waals surface area contributed by atoms with Gasteiger partial charge in [-0.1, -0.05) is 36.4 Å². The van der Waals surface area contributed by atoms with Crippen LogP contribution in [0.3, 0.4) is 0 Å². The fraction of sp³-hybridized carbons (Fsp3) is 0.267. The molecule has 0 radical (unpaired) electrons. The average molecular weight is 577 g/mol. The lowest BCUT2D eigenvalue weighted by atomic mass is 10.1. The number of piperazine rings is 1. The van der Waals surface area contributed by atoms with Gasteiger partial charge in [0, 0.05) is 44.5 Å². The molecule has 0 saturated carbocycles. The van der Waals surface area contributed by atoms with E-state index in [1.165, 1.54) is 4.90 Å². The molecule has 42 heavy (non-hydrogen) atoms. The van der Waals surface area contributed by atoms with Crippen molar-refractivity contribution in [3.63, 3.8) is 0 Å². The highest BCUT2D eigenvalue weighted by molar-refractivity contribution is 5.94. The number of amides is 1. The quantitative estimate of drug-likeness (QED) is 0.366. The highest BCUT2D eigenvalue weighted by Gasteiger charge is 2.42. The molecule has 1 fully saturated rings. The topological polar surface area (TPSA) is 94.7 Å². The van der Waals surface area contributed by atoms with Gasteiger partial charge in [-0.3, -0.25) is 9.59 Å². The summed E-state index contributed by atoms with van der Waals surface area (Å²) in [7, 11) is 0. The zero-order chi connectivity index (χ0) is 29.3. The summed E-state index contributed by atoms with van der Waals surface area (Å²) in [6.45, 7) is 2.54. The first kappa shape index (κ1) is 27.3. The summed E-state index contributed by atoms with van der Waals surface area (Å²) < 4.78 is 47.8. The molecule has 2 aromatic carbocycles. The molecule has 2 aliphatic rings. The Kier molecular flexibility index (Phi) is 7.27. The predicted octanol–water partition coefficient (Wildman–Crippen LogP) is 4.29. The largest absolute Gasteiger partial charge is 0.491 e. The Morgan fingerprint density at radius 3 is 2.55 bits per heavy atom. The zero-order valence-electron chi connectivity index (χ0n) is 22.4. The monoisotopic (exact) mass is 576 g/mol. The van der Waals surface area contributed by atoms with Gasteiger partial charge in [0.2, 0.25) is 0 Å². The van der Waals surface area contributed by atoms with Gasteiger partial charge in [-0.05, 0) is 41.5 Å². The molecule has 4 aromatic rings. The van der Waals surface area contributed by atoms with Crippen molar-refractivity contribution in [3.8, 4) is 5.75 Å². The molecule has 0 bridgehead atoms. The summed E-state index contributed by atoms with van der Waals surface area (Å²) >= 11 is 0. The summed E-state index contributed by atoms with van der Waals surface area (Å²) in [6, 6.07) is 19.2. The molecule has 1 amide bonds. The third kappa shape index (κ3) is 5.39. The predicted molar refractivity (Wildman–Crippen MR) is 150 cm³/mol. The average Bonchev–Trinajstić information content (AvgIpc) is 3.38. The van der Waals surface area contributed by atoms with Crippen LogP contribution in [0, 0.1) is 0 Å². The maximum Gasteiger partial charge on any atom is 0.423 e. The van der Waals surface area contributed by atoms with Gasteiger partial charge in [0.05, 0.1) is 17.9 Å². The van der Waals surface area contributed by atoms with E-state index in [4.69, 9.17) is 4.74 Å². The number of hydrogen-bond donors (Lipinski definition) is 1. The van der Waals surface area contributed by atoms with Gasteiger partial charge in [-0.25, -0.2) is 10.1 Å². The van der Waals surface area contributed by atoms with Gasteiger partial charge in [-0.15, -0.1) is 0 Å². The zero-order valence-corrected chi connectivity index (χ0v) is 22.4. The van der Waals surface area contributed by atoms with E-state index in [9.17, 15) is 22.8 Å². The summed E-state index contributed by atoms with van der Waals surface area (Å²) in [4.78, 5) is 35.3. The van der Waals surface area contributed by atoms with E-state index in [0.717, 1.165) is 23.1 Å². The molecule has 0 aliphatic carbocycles. The third-order valence-electron chi connectivity index (χ3n) is 7.59. The van der Waals surface area contributed by atoms with E-state index in [-0.39, 0.29) is 24.7 Å². The molecule has 2 aromatic heterocycles. The Bertz CT molecular complexity index is 1640. The first-order valence-corrected chi connectivity index (χ1v) is 13.5. The number of anilines is 2. The van der Waals surface area contributed by atoms with Crippen molar-refractivity contribution in [1.29, 1.82) is 0 Å². The molecule has 6 rings (SSSR count). The molecule has 1 unspecified atom stereocenters. The number of nitrogens with one attached hydrogen (secondary N) is 1. The fourth-order valence-electron chi connectivity index (χ4n) is 5.53. The molecule has 1 N–H and O–H groups in total. The van der Waals surface area contributed by atoms with E-state index >= 15 is 0 Å². The molecule has 12 heteroatoms.